The number of nitrogens with zero attached hydrogens (tertiary/aromatic N) is 3. The first kappa shape index (κ1) is 20.4. The van der Waals surface area contributed by atoms with E-state index >= 15 is 0 Å². The molecule has 11 heteroatoms. The van der Waals surface area contributed by atoms with Gasteiger partial charge in [-0.05, 0) is 19.1 Å². The average Bonchev–Trinajstić information content (AvgIpc) is 2.68. The van der Waals surface area contributed by atoms with Crippen molar-refractivity contribution in [2.24, 2.45) is 5.16 Å². The molecule has 152 valence electrons. The van der Waals surface area contributed by atoms with Gasteiger partial charge in [-0.3, -0.25) is 9.59 Å². The first-order valence-electron chi connectivity index (χ1n) is 8.60. The molecule has 1 fully saturated rings. The molecule has 1 saturated heterocycles. The Morgan fingerprint density at radius 1 is 1.52 bits per heavy atom. The molecule has 10 nitrogen and oxygen atoms in total. The molecule has 0 spiro atoms. The Balaban J connectivity index is 1.79. The predicted molar refractivity (Wildman–Crippen MR) is 107 cm³/mol. The second-order valence-corrected chi connectivity index (χ2v) is 7.69. The predicted octanol–water partition coefficient (Wildman–Crippen LogP) is 0.327. The van der Waals surface area contributed by atoms with Crippen LogP contribution in [0.2, 0.25) is 0 Å². The van der Waals surface area contributed by atoms with E-state index in [0.717, 1.165) is 0 Å². The van der Waals surface area contributed by atoms with Gasteiger partial charge in [0.2, 0.25) is 0 Å². The largest absolute Gasteiger partial charge is 0.478 e. The summed E-state index contributed by atoms with van der Waals surface area (Å²) >= 11 is 1.28. The lowest BCUT2D eigenvalue weighted by atomic mass is 10.1. The number of hydrogen-bond acceptors (Lipinski definition) is 8. The summed E-state index contributed by atoms with van der Waals surface area (Å²) in [6, 6.07) is 3.89. The van der Waals surface area contributed by atoms with E-state index < -0.39 is 29.2 Å². The van der Waals surface area contributed by atoms with Gasteiger partial charge in [-0.2, -0.15) is 0 Å². The summed E-state index contributed by atoms with van der Waals surface area (Å²) in [6.07, 6.45) is 2.78. The monoisotopic (exact) mass is 417 g/mol. The van der Waals surface area contributed by atoms with E-state index in [2.05, 4.69) is 22.0 Å². The van der Waals surface area contributed by atoms with Gasteiger partial charge in [-0.1, -0.05) is 23.9 Å². The molecule has 0 radical (unpaired) electrons. The fourth-order valence-electron chi connectivity index (χ4n) is 2.82. The van der Waals surface area contributed by atoms with E-state index in [9.17, 15) is 19.5 Å². The summed E-state index contributed by atoms with van der Waals surface area (Å²) in [7, 11) is 0. The summed E-state index contributed by atoms with van der Waals surface area (Å²) in [5.74, 6) is -1.95. The topological polar surface area (TPSA) is 147 Å². The summed E-state index contributed by atoms with van der Waals surface area (Å²) in [4.78, 5) is 46.9. The van der Waals surface area contributed by atoms with Crippen molar-refractivity contribution >= 4 is 41.1 Å². The zero-order chi connectivity index (χ0) is 21.1. The highest BCUT2D eigenvalue weighted by molar-refractivity contribution is 8.00. The van der Waals surface area contributed by atoms with Gasteiger partial charge < -0.3 is 25.9 Å². The molecule has 1 aromatic heterocycles. The number of hydrogen-bond donors (Lipinski definition) is 3. The van der Waals surface area contributed by atoms with Crippen LogP contribution in [0.25, 0.3) is 0 Å². The zero-order valence-corrected chi connectivity index (χ0v) is 16.3. The molecule has 1 aromatic rings. The first-order chi connectivity index (χ1) is 13.8. The van der Waals surface area contributed by atoms with Crippen LogP contribution in [0.5, 0.6) is 0 Å². The quantitative estimate of drug-likeness (QED) is 0.189. The van der Waals surface area contributed by atoms with Crippen molar-refractivity contribution in [1.29, 1.82) is 0 Å². The van der Waals surface area contributed by atoms with Crippen LogP contribution < -0.4 is 11.1 Å². The number of carbonyl (C=O) groups is 3. The van der Waals surface area contributed by atoms with Crippen LogP contribution in [0.4, 0.5) is 5.82 Å². The van der Waals surface area contributed by atoms with Crippen molar-refractivity contribution in [2.45, 2.75) is 23.6 Å². The summed E-state index contributed by atoms with van der Waals surface area (Å²) in [6.45, 7) is 5.32. The number of aromatic nitrogens is 1. The number of anilines is 1. The van der Waals surface area contributed by atoms with Gasteiger partial charge in [0.05, 0.1) is 5.57 Å². The molecule has 4 N–H and O–H groups in total. The summed E-state index contributed by atoms with van der Waals surface area (Å²) in [5, 5.41) is 14.9. The number of aliphatic carboxylic acids is 1. The standard InChI is InChI=1S/C18H19N5O5S/c1-3-7-28-22-13(11-5-4-6-12(19)20-11)15(24)21-14-16(25)23-8-10(18(26)27)9(2)29-17(14)23/h3-6,8-9,14,17H,1,7H2,2H3,(H2,19,20)(H,21,24)(H,26,27)/t9?,14?,17-/m1/s1. The van der Waals surface area contributed by atoms with E-state index in [4.69, 9.17) is 10.6 Å². The van der Waals surface area contributed by atoms with Crippen molar-refractivity contribution in [3.8, 4) is 0 Å². The number of nitrogens with two attached hydrogens (primary N) is 1. The van der Waals surface area contributed by atoms with E-state index in [0.29, 0.717) is 0 Å². The number of β-lactam (4-membered cyclic amide) rings is 1. The lowest BCUT2D eigenvalue weighted by molar-refractivity contribution is -0.144. The zero-order valence-electron chi connectivity index (χ0n) is 15.4. The van der Waals surface area contributed by atoms with Crippen molar-refractivity contribution < 1.29 is 24.3 Å². The van der Waals surface area contributed by atoms with Crippen LogP contribution in [0.1, 0.15) is 12.6 Å². The number of oxime groups is 1. The van der Waals surface area contributed by atoms with Crippen LogP contribution in [0.3, 0.4) is 0 Å². The molecule has 2 unspecified atom stereocenters. The van der Waals surface area contributed by atoms with Gasteiger partial charge in [-0.25, -0.2) is 9.78 Å². The number of carboxylic acid groups (broad SMARTS) is 1. The van der Waals surface area contributed by atoms with Crippen LogP contribution in [0, 0.1) is 0 Å². The molecule has 2 aliphatic rings. The van der Waals surface area contributed by atoms with Crippen LogP contribution >= 0.6 is 11.8 Å². The van der Waals surface area contributed by atoms with Gasteiger partial charge >= 0.3 is 5.97 Å². The normalized spacial score (nSPS) is 23.4. The average molecular weight is 417 g/mol. The Hall–Kier alpha value is -3.34. The molecule has 2 amide bonds. The second-order valence-electron chi connectivity index (χ2n) is 6.23. The Morgan fingerprint density at radius 3 is 2.93 bits per heavy atom. The van der Waals surface area contributed by atoms with E-state index in [1.54, 1.807) is 25.1 Å². The lowest BCUT2D eigenvalue weighted by Gasteiger charge is -2.48. The van der Waals surface area contributed by atoms with E-state index in [-0.39, 0.29) is 34.7 Å². The van der Waals surface area contributed by atoms with Crippen molar-refractivity contribution in [3.63, 3.8) is 0 Å². The molecule has 3 heterocycles. The Kier molecular flexibility index (Phi) is 5.87. The third kappa shape index (κ3) is 4.09. The molecule has 0 aliphatic carbocycles. The highest BCUT2D eigenvalue weighted by Gasteiger charge is 2.51. The maximum Gasteiger partial charge on any atom is 0.334 e. The molecule has 3 atom stereocenters. The molecule has 0 saturated carbocycles. The number of fused-ring (bicyclic) bond motifs is 1. The number of pyridine rings is 1. The van der Waals surface area contributed by atoms with Crippen LogP contribution in [0.15, 0.2) is 47.8 Å². The fraction of sp³-hybridized carbons (Fsp3) is 0.278. The van der Waals surface area contributed by atoms with Crippen LogP contribution in [-0.4, -0.2) is 61.8 Å². The summed E-state index contributed by atoms with van der Waals surface area (Å²) < 4.78 is 0. The van der Waals surface area contributed by atoms with Gasteiger partial charge in [0.15, 0.2) is 5.71 Å². The maximum absolute atomic E-state index is 12.8. The molecular weight excluding hydrogens is 398 g/mol. The number of carbonyl (C=O) groups excluding carboxylic acids is 2. The van der Waals surface area contributed by atoms with Crippen molar-refractivity contribution in [3.05, 3.63) is 48.3 Å². The molecule has 0 bridgehead atoms. The molecule has 29 heavy (non-hydrogen) atoms. The highest BCUT2D eigenvalue weighted by atomic mass is 32.2. The number of nitrogens with one attached hydrogen (secondary N) is 1. The Bertz CT molecular complexity index is 931. The summed E-state index contributed by atoms with van der Waals surface area (Å²) in [5.41, 5.74) is 5.86. The third-order valence-electron chi connectivity index (χ3n) is 4.25. The maximum atomic E-state index is 12.8. The molecule has 3 rings (SSSR count). The first-order valence-corrected chi connectivity index (χ1v) is 9.55. The SMILES string of the molecule is C=CCON=C(C(=O)NC1C(=O)N2C=C(C(=O)O)C(C)S[C@H]12)c1cccc(N)n1. The molecular formula is C18H19N5O5S. The van der Waals surface area contributed by atoms with E-state index in [1.807, 2.05) is 0 Å². The van der Waals surface area contributed by atoms with Gasteiger partial charge in [-0.15, -0.1) is 11.8 Å². The minimum absolute atomic E-state index is 0.0774. The number of amides is 2. The van der Waals surface area contributed by atoms with Crippen LogP contribution in [-0.2, 0) is 19.2 Å². The lowest BCUT2D eigenvalue weighted by Crippen LogP contribution is -2.69. The molecule has 2 aliphatic heterocycles. The Morgan fingerprint density at radius 2 is 2.28 bits per heavy atom. The number of nitrogen functional groups attached to an aromatic ring is 1. The Labute approximate surface area is 170 Å². The van der Waals surface area contributed by atoms with Crippen molar-refractivity contribution in [2.75, 3.05) is 12.3 Å². The van der Waals surface area contributed by atoms with Gasteiger partial charge in [0, 0.05) is 11.4 Å². The molecule has 0 aromatic carbocycles. The fourth-order valence-corrected chi connectivity index (χ4v) is 4.18. The third-order valence-corrected chi connectivity index (χ3v) is 5.69. The number of rotatable bonds is 7. The smallest absolute Gasteiger partial charge is 0.334 e. The van der Waals surface area contributed by atoms with Crippen molar-refractivity contribution in [1.82, 2.24) is 15.2 Å². The van der Waals surface area contributed by atoms with E-state index in [1.165, 1.54) is 28.9 Å². The minimum atomic E-state index is -1.08. The minimum Gasteiger partial charge on any atom is -0.478 e. The van der Waals surface area contributed by atoms with Gasteiger partial charge in [0.25, 0.3) is 11.8 Å². The highest BCUT2D eigenvalue weighted by Crippen LogP contribution is 2.40. The number of thioether (sulfide) groups is 1. The number of carboxylic acids is 1. The second kappa shape index (κ2) is 8.35. The van der Waals surface area contributed by atoms with Gasteiger partial charge in [0.1, 0.15) is 29.5 Å².